The first-order valence-electron chi connectivity index (χ1n) is 8.51. The maximum atomic E-state index is 12.4. The summed E-state index contributed by atoms with van der Waals surface area (Å²) < 4.78 is 0. The standard InChI is InChI=1S/C18H23N3O3/c1-13(22)20-10-2-4-14(12-20)18(24)19-15-6-8-16(9-7-15)21-11-3-5-17(21)23/h6-9,14H,2-5,10-12H2,1H3,(H,19,24)/t14-/m1/s1. The minimum atomic E-state index is -0.164. The normalized spacial score (nSPS) is 21.0. The van der Waals surface area contributed by atoms with Gasteiger partial charge in [-0.1, -0.05) is 0 Å². The second kappa shape index (κ2) is 7.03. The lowest BCUT2D eigenvalue weighted by atomic mass is 9.97. The summed E-state index contributed by atoms with van der Waals surface area (Å²) in [6.45, 7) is 3.52. The number of hydrogen-bond donors (Lipinski definition) is 1. The number of piperidine rings is 1. The van der Waals surface area contributed by atoms with Crippen molar-refractivity contribution in [3.05, 3.63) is 24.3 Å². The Morgan fingerprint density at radius 2 is 1.88 bits per heavy atom. The molecular weight excluding hydrogens is 306 g/mol. The molecular formula is C18H23N3O3. The van der Waals surface area contributed by atoms with Crippen LogP contribution in [0, 0.1) is 5.92 Å². The summed E-state index contributed by atoms with van der Waals surface area (Å²) >= 11 is 0. The van der Waals surface area contributed by atoms with E-state index in [9.17, 15) is 14.4 Å². The van der Waals surface area contributed by atoms with Crippen molar-refractivity contribution < 1.29 is 14.4 Å². The smallest absolute Gasteiger partial charge is 0.229 e. The average molecular weight is 329 g/mol. The third-order valence-electron chi connectivity index (χ3n) is 4.76. The number of carbonyl (C=O) groups excluding carboxylic acids is 3. The van der Waals surface area contributed by atoms with Crippen LogP contribution in [0.15, 0.2) is 24.3 Å². The van der Waals surface area contributed by atoms with Crippen LogP contribution in [-0.2, 0) is 14.4 Å². The summed E-state index contributed by atoms with van der Waals surface area (Å²) in [6.07, 6.45) is 3.15. The Morgan fingerprint density at radius 1 is 1.12 bits per heavy atom. The SMILES string of the molecule is CC(=O)N1CCC[C@@H](C(=O)Nc2ccc(N3CCCC3=O)cc2)C1. The second-order valence-corrected chi connectivity index (χ2v) is 6.49. The quantitative estimate of drug-likeness (QED) is 0.922. The number of benzene rings is 1. The summed E-state index contributed by atoms with van der Waals surface area (Å²) in [5.41, 5.74) is 1.59. The van der Waals surface area contributed by atoms with Crippen molar-refractivity contribution in [1.29, 1.82) is 0 Å². The summed E-state index contributed by atoms with van der Waals surface area (Å²) in [5, 5.41) is 2.92. The first-order valence-corrected chi connectivity index (χ1v) is 8.51. The lowest BCUT2D eigenvalue weighted by molar-refractivity contribution is -0.132. The molecule has 1 aromatic rings. The van der Waals surface area contributed by atoms with E-state index in [1.165, 1.54) is 0 Å². The topological polar surface area (TPSA) is 69.7 Å². The van der Waals surface area contributed by atoms with Crippen molar-refractivity contribution in [2.75, 3.05) is 29.9 Å². The molecule has 1 atom stereocenters. The van der Waals surface area contributed by atoms with Gasteiger partial charge in [-0.3, -0.25) is 14.4 Å². The Labute approximate surface area is 141 Å². The monoisotopic (exact) mass is 329 g/mol. The molecule has 2 aliphatic rings. The van der Waals surface area contributed by atoms with E-state index in [1.807, 2.05) is 24.3 Å². The molecule has 2 heterocycles. The molecule has 0 spiro atoms. The molecule has 0 aromatic heterocycles. The van der Waals surface area contributed by atoms with Gasteiger partial charge in [0.2, 0.25) is 17.7 Å². The van der Waals surface area contributed by atoms with Crippen molar-refractivity contribution in [2.45, 2.75) is 32.6 Å². The Balaban J connectivity index is 1.60. The number of rotatable bonds is 3. The highest BCUT2D eigenvalue weighted by molar-refractivity contribution is 5.96. The van der Waals surface area contributed by atoms with Crippen molar-refractivity contribution in [3.63, 3.8) is 0 Å². The molecule has 3 amide bonds. The van der Waals surface area contributed by atoms with Crippen LogP contribution in [0.2, 0.25) is 0 Å². The molecule has 1 aromatic carbocycles. The van der Waals surface area contributed by atoms with E-state index in [0.717, 1.165) is 43.7 Å². The number of amides is 3. The van der Waals surface area contributed by atoms with E-state index >= 15 is 0 Å². The highest BCUT2D eigenvalue weighted by Crippen LogP contribution is 2.24. The highest BCUT2D eigenvalue weighted by atomic mass is 16.2. The van der Waals surface area contributed by atoms with Crippen molar-refractivity contribution >= 4 is 29.1 Å². The van der Waals surface area contributed by atoms with E-state index < -0.39 is 0 Å². The molecule has 0 radical (unpaired) electrons. The van der Waals surface area contributed by atoms with Gasteiger partial charge in [0.15, 0.2) is 0 Å². The van der Waals surface area contributed by atoms with Crippen LogP contribution >= 0.6 is 0 Å². The largest absolute Gasteiger partial charge is 0.342 e. The number of nitrogens with zero attached hydrogens (tertiary/aromatic N) is 2. The van der Waals surface area contributed by atoms with E-state index in [-0.39, 0.29) is 23.6 Å². The fraction of sp³-hybridized carbons (Fsp3) is 0.500. The maximum absolute atomic E-state index is 12.4. The molecule has 2 fully saturated rings. The molecule has 0 saturated carbocycles. The number of nitrogens with one attached hydrogen (secondary N) is 1. The molecule has 2 aliphatic heterocycles. The molecule has 128 valence electrons. The third kappa shape index (κ3) is 3.58. The molecule has 0 aliphatic carbocycles. The Morgan fingerprint density at radius 3 is 2.50 bits per heavy atom. The molecule has 6 nitrogen and oxygen atoms in total. The Hall–Kier alpha value is -2.37. The molecule has 3 rings (SSSR count). The fourth-order valence-corrected chi connectivity index (χ4v) is 3.37. The van der Waals surface area contributed by atoms with Crippen LogP contribution in [0.1, 0.15) is 32.6 Å². The predicted molar refractivity (Wildman–Crippen MR) is 91.6 cm³/mol. The van der Waals surface area contributed by atoms with Crippen molar-refractivity contribution in [1.82, 2.24) is 4.90 Å². The summed E-state index contributed by atoms with van der Waals surface area (Å²) in [6, 6.07) is 7.37. The van der Waals surface area contributed by atoms with Gasteiger partial charge in [0.25, 0.3) is 0 Å². The second-order valence-electron chi connectivity index (χ2n) is 6.49. The van der Waals surface area contributed by atoms with Crippen molar-refractivity contribution in [2.24, 2.45) is 5.92 Å². The lowest BCUT2D eigenvalue weighted by Gasteiger charge is -2.31. The van der Waals surface area contributed by atoms with E-state index in [1.54, 1.807) is 16.7 Å². The third-order valence-corrected chi connectivity index (χ3v) is 4.76. The molecule has 24 heavy (non-hydrogen) atoms. The predicted octanol–water partition coefficient (Wildman–Crippen LogP) is 2.01. The number of anilines is 2. The molecule has 0 unspecified atom stereocenters. The first-order chi connectivity index (χ1) is 11.5. The van der Waals surface area contributed by atoms with Crippen LogP contribution in [0.5, 0.6) is 0 Å². The van der Waals surface area contributed by atoms with Gasteiger partial charge in [0, 0.05) is 44.4 Å². The minimum absolute atomic E-state index is 0.0205. The van der Waals surface area contributed by atoms with E-state index in [2.05, 4.69) is 5.32 Å². The fourth-order valence-electron chi connectivity index (χ4n) is 3.37. The maximum Gasteiger partial charge on any atom is 0.229 e. The molecule has 1 N–H and O–H groups in total. The molecule has 6 heteroatoms. The van der Waals surface area contributed by atoms with E-state index in [4.69, 9.17) is 0 Å². The van der Waals surface area contributed by atoms with Crippen LogP contribution in [-0.4, -0.2) is 42.3 Å². The zero-order valence-corrected chi connectivity index (χ0v) is 14.0. The van der Waals surface area contributed by atoms with Gasteiger partial charge in [0.05, 0.1) is 5.92 Å². The van der Waals surface area contributed by atoms with Gasteiger partial charge in [-0.05, 0) is 43.5 Å². The highest BCUT2D eigenvalue weighted by Gasteiger charge is 2.27. The molecule has 0 bridgehead atoms. The Bertz CT molecular complexity index is 641. The van der Waals surface area contributed by atoms with Gasteiger partial charge in [-0.2, -0.15) is 0 Å². The molecule has 2 saturated heterocycles. The summed E-state index contributed by atoms with van der Waals surface area (Å²) in [7, 11) is 0. The van der Waals surface area contributed by atoms with Crippen LogP contribution in [0.3, 0.4) is 0 Å². The number of hydrogen-bond acceptors (Lipinski definition) is 3. The van der Waals surface area contributed by atoms with Crippen molar-refractivity contribution in [3.8, 4) is 0 Å². The minimum Gasteiger partial charge on any atom is -0.342 e. The van der Waals surface area contributed by atoms with Gasteiger partial charge in [0.1, 0.15) is 0 Å². The lowest BCUT2D eigenvalue weighted by Crippen LogP contribution is -2.42. The van der Waals surface area contributed by atoms with Gasteiger partial charge in [-0.25, -0.2) is 0 Å². The van der Waals surface area contributed by atoms with Crippen LogP contribution in [0.4, 0.5) is 11.4 Å². The summed E-state index contributed by atoms with van der Waals surface area (Å²) in [5.74, 6) is -0.0427. The Kier molecular flexibility index (Phi) is 4.83. The van der Waals surface area contributed by atoms with Crippen LogP contribution in [0.25, 0.3) is 0 Å². The average Bonchev–Trinajstić information content (AvgIpc) is 3.01. The summed E-state index contributed by atoms with van der Waals surface area (Å²) in [4.78, 5) is 39.2. The first kappa shape index (κ1) is 16.5. The van der Waals surface area contributed by atoms with Gasteiger partial charge >= 0.3 is 0 Å². The number of carbonyl (C=O) groups is 3. The van der Waals surface area contributed by atoms with E-state index in [0.29, 0.717) is 13.0 Å². The van der Waals surface area contributed by atoms with Gasteiger partial charge in [-0.15, -0.1) is 0 Å². The zero-order valence-electron chi connectivity index (χ0n) is 14.0. The van der Waals surface area contributed by atoms with Gasteiger partial charge < -0.3 is 15.1 Å². The zero-order chi connectivity index (χ0) is 17.1. The van der Waals surface area contributed by atoms with Crippen LogP contribution < -0.4 is 10.2 Å². The number of likely N-dealkylation sites (tertiary alicyclic amines) is 1.